The third-order valence-electron chi connectivity index (χ3n) is 5.98. The lowest BCUT2D eigenvalue weighted by Crippen LogP contribution is -2.29. The quantitative estimate of drug-likeness (QED) is 0.345. The molecule has 1 unspecified atom stereocenters. The van der Waals surface area contributed by atoms with E-state index in [2.05, 4.69) is 5.32 Å². The minimum absolute atomic E-state index is 0.414. The van der Waals surface area contributed by atoms with Crippen molar-refractivity contribution in [3.05, 3.63) is 125 Å². The van der Waals surface area contributed by atoms with Crippen LogP contribution in [-0.2, 0) is 14.3 Å². The highest BCUT2D eigenvalue weighted by molar-refractivity contribution is 5.97. The summed E-state index contributed by atoms with van der Waals surface area (Å²) in [6.45, 7) is 3.94. The van der Waals surface area contributed by atoms with E-state index < -0.39 is 23.9 Å². The van der Waals surface area contributed by atoms with Crippen molar-refractivity contribution >= 4 is 17.6 Å². The fraction of sp³-hybridized carbons (Fsp3) is 0.133. The minimum atomic E-state index is -1.12. The van der Waals surface area contributed by atoms with E-state index in [4.69, 9.17) is 9.47 Å². The molecule has 1 amide bonds. The molecule has 1 atom stereocenters. The van der Waals surface area contributed by atoms with Crippen molar-refractivity contribution in [1.82, 2.24) is 0 Å². The minimum Gasteiger partial charge on any atom is -0.457 e. The Bertz CT molecular complexity index is 1330. The lowest BCUT2D eigenvalue weighted by molar-refractivity contribution is -0.155. The number of amides is 1. The fourth-order valence-electron chi connectivity index (χ4n) is 4.50. The van der Waals surface area contributed by atoms with Gasteiger partial charge in [-0.3, -0.25) is 9.59 Å². The van der Waals surface area contributed by atoms with Crippen molar-refractivity contribution in [2.75, 3.05) is 5.32 Å². The molecular weight excluding hydrogens is 438 g/mol. The number of para-hydroxylation sites is 2. The second-order valence-corrected chi connectivity index (χ2v) is 8.70. The number of hydrogen-bond acceptors (Lipinski definition) is 4. The van der Waals surface area contributed by atoms with Crippen LogP contribution in [0, 0.1) is 13.8 Å². The van der Waals surface area contributed by atoms with Gasteiger partial charge in [0.05, 0.1) is 0 Å². The molecule has 0 saturated carbocycles. The normalized spacial score (nSPS) is 13.1. The van der Waals surface area contributed by atoms with Gasteiger partial charge in [0, 0.05) is 22.4 Å². The summed E-state index contributed by atoms with van der Waals surface area (Å²) in [5.41, 5.74) is 4.73. The molecule has 5 nitrogen and oxygen atoms in total. The van der Waals surface area contributed by atoms with Crippen molar-refractivity contribution in [1.29, 1.82) is 0 Å². The zero-order valence-corrected chi connectivity index (χ0v) is 19.5. The van der Waals surface area contributed by atoms with Crippen LogP contribution in [0.25, 0.3) is 0 Å². The SMILES string of the molecule is Cc1cc(C)cc(NC(=O)C(OC(=O)C2c3ccccc3Oc3ccccc32)c2ccccc2)c1. The predicted molar refractivity (Wildman–Crippen MR) is 135 cm³/mol. The summed E-state index contributed by atoms with van der Waals surface area (Å²) < 4.78 is 12.0. The highest BCUT2D eigenvalue weighted by atomic mass is 16.5. The first-order valence-corrected chi connectivity index (χ1v) is 11.5. The number of carbonyl (C=O) groups excluding carboxylic acids is 2. The Kier molecular flexibility index (Phi) is 6.06. The molecular formula is C30H25NO4. The zero-order valence-electron chi connectivity index (χ0n) is 19.5. The lowest BCUT2D eigenvalue weighted by Gasteiger charge is -2.28. The summed E-state index contributed by atoms with van der Waals surface area (Å²) in [6.07, 6.45) is -1.12. The average Bonchev–Trinajstić information content (AvgIpc) is 2.85. The number of fused-ring (bicyclic) bond motifs is 2. The predicted octanol–water partition coefficient (Wildman–Crippen LogP) is 6.46. The smallest absolute Gasteiger partial charge is 0.319 e. The maximum absolute atomic E-state index is 13.7. The largest absolute Gasteiger partial charge is 0.457 e. The summed E-state index contributed by atoms with van der Waals surface area (Å²) in [7, 11) is 0. The van der Waals surface area contributed by atoms with Crippen LogP contribution in [0.2, 0.25) is 0 Å². The molecule has 1 aliphatic rings. The van der Waals surface area contributed by atoms with Crippen molar-refractivity contribution in [3.8, 4) is 11.5 Å². The van der Waals surface area contributed by atoms with Crippen LogP contribution < -0.4 is 10.1 Å². The van der Waals surface area contributed by atoms with Gasteiger partial charge in [0.1, 0.15) is 17.4 Å². The molecule has 0 radical (unpaired) electrons. The first-order valence-electron chi connectivity index (χ1n) is 11.5. The number of benzene rings is 4. The first kappa shape index (κ1) is 22.4. The third kappa shape index (κ3) is 4.66. The third-order valence-corrected chi connectivity index (χ3v) is 5.98. The van der Waals surface area contributed by atoms with Crippen LogP contribution in [0.4, 0.5) is 5.69 Å². The Balaban J connectivity index is 1.49. The van der Waals surface area contributed by atoms with Crippen molar-refractivity contribution in [2.45, 2.75) is 25.9 Å². The van der Waals surface area contributed by atoms with Crippen LogP contribution in [-0.4, -0.2) is 11.9 Å². The molecule has 0 aromatic heterocycles. The Labute approximate surface area is 204 Å². The van der Waals surface area contributed by atoms with E-state index in [0.29, 0.717) is 33.9 Å². The van der Waals surface area contributed by atoms with Crippen LogP contribution in [0.3, 0.4) is 0 Å². The summed E-state index contributed by atoms with van der Waals surface area (Å²) in [6, 6.07) is 29.7. The van der Waals surface area contributed by atoms with Crippen LogP contribution in [0.15, 0.2) is 97.1 Å². The standard InChI is InChI=1S/C30H25NO4/c1-19-16-20(2)18-22(17-19)31-29(32)28(21-10-4-3-5-11-21)35-30(33)27-23-12-6-8-14-25(23)34-26-15-9-7-13-24(26)27/h3-18,27-28H,1-2H3,(H,31,32). The summed E-state index contributed by atoms with van der Waals surface area (Å²) >= 11 is 0. The first-order chi connectivity index (χ1) is 17.0. The summed E-state index contributed by atoms with van der Waals surface area (Å²) in [5.74, 6) is -0.439. The molecule has 5 heteroatoms. The summed E-state index contributed by atoms with van der Waals surface area (Å²) in [5, 5.41) is 2.93. The Morgan fingerprint density at radius 2 is 1.31 bits per heavy atom. The van der Waals surface area contributed by atoms with Gasteiger partial charge < -0.3 is 14.8 Å². The molecule has 0 aliphatic carbocycles. The maximum atomic E-state index is 13.7. The molecule has 0 bridgehead atoms. The van der Waals surface area contributed by atoms with Gasteiger partial charge in [0.15, 0.2) is 0 Å². The molecule has 174 valence electrons. The number of anilines is 1. The average molecular weight is 464 g/mol. The van der Waals surface area contributed by atoms with E-state index >= 15 is 0 Å². The fourth-order valence-corrected chi connectivity index (χ4v) is 4.50. The van der Waals surface area contributed by atoms with Gasteiger partial charge in [-0.2, -0.15) is 0 Å². The highest BCUT2D eigenvalue weighted by Gasteiger charge is 2.36. The number of esters is 1. The molecule has 0 spiro atoms. The van der Waals surface area contributed by atoms with Crippen LogP contribution in [0.5, 0.6) is 11.5 Å². The number of rotatable bonds is 5. The van der Waals surface area contributed by atoms with E-state index in [1.165, 1.54) is 0 Å². The summed E-state index contributed by atoms with van der Waals surface area (Å²) in [4.78, 5) is 27.1. The van der Waals surface area contributed by atoms with E-state index in [0.717, 1.165) is 11.1 Å². The number of aryl methyl sites for hydroxylation is 2. The number of ether oxygens (including phenoxy) is 2. The van der Waals surface area contributed by atoms with Crippen LogP contribution in [0.1, 0.15) is 39.8 Å². The molecule has 1 N–H and O–H groups in total. The molecule has 5 rings (SSSR count). The van der Waals surface area contributed by atoms with Gasteiger partial charge in [-0.15, -0.1) is 0 Å². The maximum Gasteiger partial charge on any atom is 0.319 e. The van der Waals surface area contributed by atoms with E-state index in [-0.39, 0.29) is 0 Å². The number of hydrogen-bond donors (Lipinski definition) is 1. The highest BCUT2D eigenvalue weighted by Crippen LogP contribution is 2.45. The van der Waals surface area contributed by atoms with Crippen LogP contribution >= 0.6 is 0 Å². The number of nitrogens with one attached hydrogen (secondary N) is 1. The van der Waals surface area contributed by atoms with E-state index in [9.17, 15) is 9.59 Å². The van der Waals surface area contributed by atoms with E-state index in [1.54, 1.807) is 12.1 Å². The molecule has 35 heavy (non-hydrogen) atoms. The second kappa shape index (κ2) is 9.47. The second-order valence-electron chi connectivity index (χ2n) is 8.70. The van der Waals surface area contributed by atoms with Crippen molar-refractivity contribution in [3.63, 3.8) is 0 Å². The van der Waals surface area contributed by atoms with Gasteiger partial charge in [0.25, 0.3) is 5.91 Å². The van der Waals surface area contributed by atoms with Crippen molar-refractivity contribution < 1.29 is 19.1 Å². The molecule has 4 aromatic rings. The van der Waals surface area contributed by atoms with Gasteiger partial charge in [-0.05, 0) is 49.2 Å². The lowest BCUT2D eigenvalue weighted by atomic mass is 9.88. The molecule has 1 heterocycles. The Morgan fingerprint density at radius 1 is 0.771 bits per heavy atom. The molecule has 0 saturated heterocycles. The van der Waals surface area contributed by atoms with Gasteiger partial charge in [0.2, 0.25) is 6.10 Å². The van der Waals surface area contributed by atoms with Gasteiger partial charge in [-0.25, -0.2) is 0 Å². The van der Waals surface area contributed by atoms with Crippen molar-refractivity contribution in [2.24, 2.45) is 0 Å². The zero-order chi connectivity index (χ0) is 24.4. The number of carbonyl (C=O) groups is 2. The van der Waals surface area contributed by atoms with Gasteiger partial charge in [-0.1, -0.05) is 72.8 Å². The monoisotopic (exact) mass is 463 g/mol. The molecule has 1 aliphatic heterocycles. The Morgan fingerprint density at radius 3 is 1.91 bits per heavy atom. The van der Waals surface area contributed by atoms with E-state index in [1.807, 2.05) is 98.8 Å². The topological polar surface area (TPSA) is 64.6 Å². The Hall–Kier alpha value is -4.38. The molecule has 4 aromatic carbocycles. The van der Waals surface area contributed by atoms with Gasteiger partial charge >= 0.3 is 5.97 Å². The molecule has 0 fully saturated rings.